The summed E-state index contributed by atoms with van der Waals surface area (Å²) >= 11 is 6.80. The van der Waals surface area contributed by atoms with E-state index in [1.807, 2.05) is 31.2 Å². The molecule has 5 rings (SSSR count). The fraction of sp³-hybridized carbons (Fsp3) is 0.636. The van der Waals surface area contributed by atoms with Gasteiger partial charge in [0.05, 0.1) is 5.41 Å². The van der Waals surface area contributed by atoms with Crippen LogP contribution in [0.1, 0.15) is 49.7 Å². The van der Waals surface area contributed by atoms with Crippen LogP contribution in [0.2, 0.25) is 0 Å². The van der Waals surface area contributed by atoms with E-state index in [4.69, 9.17) is 16.3 Å². The molecule has 0 aliphatic heterocycles. The van der Waals surface area contributed by atoms with Gasteiger partial charge in [0, 0.05) is 18.5 Å². The van der Waals surface area contributed by atoms with Crippen molar-refractivity contribution in [1.82, 2.24) is 4.90 Å². The molecular weight excluding hydrogens is 362 g/mol. The van der Waals surface area contributed by atoms with Crippen LogP contribution in [0.25, 0.3) is 0 Å². The molecule has 4 fully saturated rings. The highest BCUT2D eigenvalue weighted by Gasteiger charge is 2.60. The first-order valence-corrected chi connectivity index (χ1v) is 10.3. The summed E-state index contributed by atoms with van der Waals surface area (Å²) in [5.74, 6) is 0.695. The number of hydrogen-bond acceptors (Lipinski definition) is 3. The van der Waals surface area contributed by atoms with Gasteiger partial charge >= 0.3 is 5.97 Å². The van der Waals surface area contributed by atoms with Crippen LogP contribution in [0.3, 0.4) is 0 Å². The number of aryl methyl sites for hydroxylation is 1. The van der Waals surface area contributed by atoms with Crippen LogP contribution < -0.4 is 0 Å². The summed E-state index contributed by atoms with van der Waals surface area (Å²) in [7, 11) is 1.74. The molecule has 1 aromatic rings. The molecular formula is C22H28ClNO3. The Balaban J connectivity index is 1.33. The standard InChI is InChI=1S/C22H28ClNO3/c1-15-3-5-16(6-4-15)12-24(2)19(25)13-27-20(26)21-8-17-7-18(9-21)11-22(23,10-17)14-21/h3-6,17-18H,7-14H2,1-2H3/t17-,18+,21?,22?. The number of alkyl halides is 1. The second kappa shape index (κ2) is 6.80. The molecule has 27 heavy (non-hydrogen) atoms. The third-order valence-electron chi connectivity index (χ3n) is 6.72. The Hall–Kier alpha value is -1.55. The van der Waals surface area contributed by atoms with Crippen LogP contribution in [0.15, 0.2) is 24.3 Å². The Kier molecular flexibility index (Phi) is 4.74. The summed E-state index contributed by atoms with van der Waals surface area (Å²) in [6.45, 7) is 2.36. The third-order valence-corrected chi connectivity index (χ3v) is 7.16. The molecule has 2 unspecified atom stereocenters. The first kappa shape index (κ1) is 18.8. The monoisotopic (exact) mass is 389 g/mol. The maximum Gasteiger partial charge on any atom is 0.312 e. The zero-order chi connectivity index (χ0) is 19.2. The van der Waals surface area contributed by atoms with E-state index in [2.05, 4.69) is 0 Å². The first-order valence-electron chi connectivity index (χ1n) is 9.93. The Morgan fingerprint density at radius 1 is 1.15 bits per heavy atom. The molecule has 4 saturated carbocycles. The summed E-state index contributed by atoms with van der Waals surface area (Å²) in [5.41, 5.74) is 1.80. The topological polar surface area (TPSA) is 46.6 Å². The lowest BCUT2D eigenvalue weighted by Crippen LogP contribution is -2.56. The van der Waals surface area contributed by atoms with E-state index in [0.717, 1.165) is 31.2 Å². The van der Waals surface area contributed by atoms with Crippen molar-refractivity contribution >= 4 is 23.5 Å². The van der Waals surface area contributed by atoms with E-state index in [9.17, 15) is 9.59 Å². The number of nitrogens with zero attached hydrogens (tertiary/aromatic N) is 1. The minimum absolute atomic E-state index is 0.172. The lowest BCUT2D eigenvalue weighted by atomic mass is 9.49. The summed E-state index contributed by atoms with van der Waals surface area (Å²) in [6.07, 6.45) is 5.72. The van der Waals surface area contributed by atoms with E-state index in [1.165, 1.54) is 12.0 Å². The van der Waals surface area contributed by atoms with Crippen molar-refractivity contribution in [3.05, 3.63) is 35.4 Å². The molecule has 1 aromatic carbocycles. The van der Waals surface area contributed by atoms with Gasteiger partial charge in [0.25, 0.3) is 5.91 Å². The van der Waals surface area contributed by atoms with Crippen molar-refractivity contribution in [2.75, 3.05) is 13.7 Å². The molecule has 1 amide bonds. The molecule has 5 heteroatoms. The van der Waals surface area contributed by atoms with Crippen LogP contribution >= 0.6 is 11.6 Å². The molecule has 0 saturated heterocycles. The molecule has 0 heterocycles. The van der Waals surface area contributed by atoms with Crippen molar-refractivity contribution in [2.24, 2.45) is 17.3 Å². The number of halogens is 1. The highest BCUT2D eigenvalue weighted by molar-refractivity contribution is 6.24. The van der Waals surface area contributed by atoms with Gasteiger partial charge in [0.2, 0.25) is 0 Å². The second-order valence-corrected chi connectivity index (χ2v) is 10.0. The molecule has 4 aliphatic carbocycles. The first-order chi connectivity index (χ1) is 12.8. The predicted octanol–water partition coefficient (Wildman–Crippen LogP) is 4.07. The number of rotatable bonds is 5. The molecule has 4 atom stereocenters. The van der Waals surface area contributed by atoms with Gasteiger partial charge in [-0.2, -0.15) is 0 Å². The lowest BCUT2D eigenvalue weighted by Gasteiger charge is -2.58. The number of carbonyl (C=O) groups is 2. The Morgan fingerprint density at radius 3 is 2.37 bits per heavy atom. The number of hydrogen-bond donors (Lipinski definition) is 0. The van der Waals surface area contributed by atoms with Gasteiger partial charge in [0.1, 0.15) is 0 Å². The summed E-state index contributed by atoms with van der Waals surface area (Å²) in [5, 5.41) is 0. The second-order valence-electron chi connectivity index (χ2n) is 9.20. The number of amides is 1. The molecule has 4 bridgehead atoms. The van der Waals surface area contributed by atoms with Crippen LogP contribution in [0, 0.1) is 24.2 Å². The fourth-order valence-corrected chi connectivity index (χ4v) is 6.53. The van der Waals surface area contributed by atoms with E-state index in [1.54, 1.807) is 11.9 Å². The van der Waals surface area contributed by atoms with E-state index < -0.39 is 5.41 Å². The van der Waals surface area contributed by atoms with Gasteiger partial charge in [-0.05, 0) is 62.8 Å². The zero-order valence-electron chi connectivity index (χ0n) is 16.2. The van der Waals surface area contributed by atoms with Crippen molar-refractivity contribution in [3.8, 4) is 0 Å². The van der Waals surface area contributed by atoms with E-state index >= 15 is 0 Å². The van der Waals surface area contributed by atoms with Gasteiger partial charge in [-0.1, -0.05) is 29.8 Å². The largest absolute Gasteiger partial charge is 0.455 e. The molecule has 0 radical (unpaired) electrons. The minimum Gasteiger partial charge on any atom is -0.455 e. The highest BCUT2D eigenvalue weighted by atomic mass is 35.5. The molecule has 4 nitrogen and oxygen atoms in total. The third kappa shape index (κ3) is 3.73. The van der Waals surface area contributed by atoms with E-state index in [-0.39, 0.29) is 23.4 Å². The lowest BCUT2D eigenvalue weighted by molar-refractivity contribution is -0.173. The summed E-state index contributed by atoms with van der Waals surface area (Å²) in [6, 6.07) is 8.09. The molecule has 0 aromatic heterocycles. The highest BCUT2D eigenvalue weighted by Crippen LogP contribution is 2.64. The SMILES string of the molecule is Cc1ccc(CN(C)C(=O)COC(=O)C23C[C@@H]4C[C@@H](CC(Cl)(C4)C2)C3)cc1. The fourth-order valence-electron chi connectivity index (χ4n) is 5.84. The number of likely N-dealkylation sites (N-methyl/N-ethyl adjacent to an activating group) is 1. The Morgan fingerprint density at radius 2 is 1.78 bits per heavy atom. The molecule has 146 valence electrons. The smallest absolute Gasteiger partial charge is 0.312 e. The molecule has 4 aliphatic rings. The number of esters is 1. The van der Waals surface area contributed by atoms with Gasteiger partial charge in [-0.25, -0.2) is 0 Å². The van der Waals surface area contributed by atoms with E-state index in [0.29, 0.717) is 24.8 Å². The maximum absolute atomic E-state index is 12.9. The predicted molar refractivity (Wildman–Crippen MR) is 104 cm³/mol. The van der Waals surface area contributed by atoms with Crippen LogP contribution in [0.5, 0.6) is 0 Å². The number of ether oxygens (including phenoxy) is 1. The van der Waals surface area contributed by atoms with Gasteiger partial charge in [-0.3, -0.25) is 9.59 Å². The average Bonchev–Trinajstić information content (AvgIpc) is 2.59. The molecule has 0 N–H and O–H groups in total. The zero-order valence-corrected chi connectivity index (χ0v) is 16.9. The van der Waals surface area contributed by atoms with Crippen LogP contribution in [-0.4, -0.2) is 35.3 Å². The summed E-state index contributed by atoms with van der Waals surface area (Å²) in [4.78, 5) is 26.7. The van der Waals surface area contributed by atoms with Crippen molar-refractivity contribution < 1.29 is 14.3 Å². The summed E-state index contributed by atoms with van der Waals surface area (Å²) < 4.78 is 5.52. The normalized spacial score (nSPS) is 33.7. The van der Waals surface area contributed by atoms with Crippen LogP contribution in [0.4, 0.5) is 0 Å². The average molecular weight is 390 g/mol. The van der Waals surface area contributed by atoms with Crippen molar-refractivity contribution in [1.29, 1.82) is 0 Å². The Bertz CT molecular complexity index is 730. The Labute approximate surface area is 166 Å². The van der Waals surface area contributed by atoms with Gasteiger partial charge in [-0.15, -0.1) is 11.6 Å². The van der Waals surface area contributed by atoms with Crippen LogP contribution in [-0.2, 0) is 20.9 Å². The molecule has 0 spiro atoms. The van der Waals surface area contributed by atoms with Gasteiger partial charge < -0.3 is 9.64 Å². The number of benzene rings is 1. The van der Waals surface area contributed by atoms with Crippen molar-refractivity contribution in [3.63, 3.8) is 0 Å². The maximum atomic E-state index is 12.9. The number of carbonyl (C=O) groups excluding carboxylic acids is 2. The quantitative estimate of drug-likeness (QED) is 0.563. The minimum atomic E-state index is -0.457. The van der Waals surface area contributed by atoms with Crippen molar-refractivity contribution in [2.45, 2.75) is 56.9 Å². The van der Waals surface area contributed by atoms with Gasteiger partial charge in [0.15, 0.2) is 6.61 Å².